The summed E-state index contributed by atoms with van der Waals surface area (Å²) in [5.41, 5.74) is 0.0646. The van der Waals surface area contributed by atoms with E-state index >= 15 is 0 Å². The van der Waals surface area contributed by atoms with E-state index in [2.05, 4.69) is 10.3 Å². The molecule has 1 saturated carbocycles. The lowest BCUT2D eigenvalue weighted by atomic mass is 10.2. The van der Waals surface area contributed by atoms with E-state index in [1.807, 2.05) is 0 Å². The molecule has 0 bridgehead atoms. The number of carbonyl (C=O) groups excluding carboxylic acids is 1. The molecule has 1 heterocycles. The molecule has 1 aliphatic carbocycles. The number of rotatable bonds is 2. The zero-order valence-electron chi connectivity index (χ0n) is 11.2. The summed E-state index contributed by atoms with van der Waals surface area (Å²) in [5, 5.41) is 3.23. The molecule has 0 unspecified atom stereocenters. The van der Waals surface area contributed by atoms with Gasteiger partial charge in [0.05, 0.1) is 10.9 Å². The van der Waals surface area contributed by atoms with Gasteiger partial charge in [-0.05, 0) is 36.7 Å². The smallest absolute Gasteiger partial charge is 0.264 e. The molecular weight excluding hydrogens is 294 g/mol. The molecular formula is C15H14F2N2OS. The van der Waals surface area contributed by atoms with E-state index in [-0.39, 0.29) is 17.5 Å². The van der Waals surface area contributed by atoms with Gasteiger partial charge >= 0.3 is 0 Å². The number of benzene rings is 1. The van der Waals surface area contributed by atoms with Gasteiger partial charge in [-0.1, -0.05) is 25.0 Å². The molecule has 2 aliphatic rings. The van der Waals surface area contributed by atoms with Crippen LogP contribution in [0, 0.1) is 11.6 Å². The summed E-state index contributed by atoms with van der Waals surface area (Å²) in [7, 11) is 0. The lowest BCUT2D eigenvalue weighted by Crippen LogP contribution is -2.21. The Bertz CT molecular complexity index is 637. The van der Waals surface area contributed by atoms with E-state index in [9.17, 15) is 13.6 Å². The molecule has 0 aromatic heterocycles. The number of nitrogens with one attached hydrogen (secondary N) is 1. The molecule has 1 N–H and O–H groups in total. The first-order chi connectivity index (χ1) is 10.1. The van der Waals surface area contributed by atoms with Gasteiger partial charge in [0.2, 0.25) is 0 Å². The molecule has 1 aromatic rings. The summed E-state index contributed by atoms with van der Waals surface area (Å²) in [6.07, 6.45) is 5.76. The fourth-order valence-corrected chi connectivity index (χ4v) is 3.34. The van der Waals surface area contributed by atoms with Crippen molar-refractivity contribution in [2.45, 2.75) is 31.7 Å². The minimum atomic E-state index is -0.945. The number of nitrogens with zero attached hydrogens (tertiary/aromatic N) is 1. The molecule has 2 fully saturated rings. The van der Waals surface area contributed by atoms with Gasteiger partial charge in [0, 0.05) is 5.56 Å². The average molecular weight is 308 g/mol. The van der Waals surface area contributed by atoms with Gasteiger partial charge in [0.25, 0.3) is 5.91 Å². The molecule has 6 heteroatoms. The van der Waals surface area contributed by atoms with E-state index in [4.69, 9.17) is 0 Å². The first kappa shape index (κ1) is 14.3. The van der Waals surface area contributed by atoms with Crippen LogP contribution in [-0.2, 0) is 4.79 Å². The fraction of sp³-hybridized carbons (Fsp3) is 0.333. The summed E-state index contributed by atoms with van der Waals surface area (Å²) in [4.78, 5) is 16.7. The number of aliphatic imine (C=N–C) groups is 1. The lowest BCUT2D eigenvalue weighted by molar-refractivity contribution is -0.115. The third-order valence-corrected chi connectivity index (χ3v) is 4.47. The van der Waals surface area contributed by atoms with Crippen LogP contribution in [0.4, 0.5) is 8.78 Å². The summed E-state index contributed by atoms with van der Waals surface area (Å²) in [6.45, 7) is 0. The summed E-state index contributed by atoms with van der Waals surface area (Å²) in [6, 6.07) is 4.16. The van der Waals surface area contributed by atoms with E-state index in [1.165, 1.54) is 30.0 Å². The zero-order chi connectivity index (χ0) is 14.8. The van der Waals surface area contributed by atoms with E-state index < -0.39 is 11.6 Å². The van der Waals surface area contributed by atoms with Crippen LogP contribution in [0.15, 0.2) is 28.1 Å². The molecule has 1 saturated heterocycles. The van der Waals surface area contributed by atoms with Crippen molar-refractivity contribution in [3.63, 3.8) is 0 Å². The SMILES string of the molecule is O=C1NC(=NC2CCCC2)S/C1=C\c1cccc(F)c1F. The van der Waals surface area contributed by atoms with Gasteiger partial charge in [-0.3, -0.25) is 9.79 Å². The summed E-state index contributed by atoms with van der Waals surface area (Å²) in [5.74, 6) is -2.19. The first-order valence-corrected chi connectivity index (χ1v) is 7.68. The number of thioether (sulfide) groups is 1. The monoisotopic (exact) mass is 308 g/mol. The number of hydrogen-bond acceptors (Lipinski definition) is 3. The van der Waals surface area contributed by atoms with Crippen LogP contribution in [0.1, 0.15) is 31.2 Å². The molecule has 0 radical (unpaired) electrons. The molecule has 21 heavy (non-hydrogen) atoms. The summed E-state index contributed by atoms with van der Waals surface area (Å²) >= 11 is 1.18. The topological polar surface area (TPSA) is 41.5 Å². The quantitative estimate of drug-likeness (QED) is 0.850. The highest BCUT2D eigenvalue weighted by atomic mass is 32.2. The minimum Gasteiger partial charge on any atom is -0.301 e. The van der Waals surface area contributed by atoms with Crippen LogP contribution in [0.3, 0.4) is 0 Å². The van der Waals surface area contributed by atoms with Crippen molar-refractivity contribution in [1.82, 2.24) is 5.32 Å². The molecule has 110 valence electrons. The largest absolute Gasteiger partial charge is 0.301 e. The average Bonchev–Trinajstić information content (AvgIpc) is 3.06. The Morgan fingerprint density at radius 2 is 2.05 bits per heavy atom. The molecule has 1 amide bonds. The Labute approximate surface area is 125 Å². The first-order valence-electron chi connectivity index (χ1n) is 6.86. The highest BCUT2D eigenvalue weighted by Crippen LogP contribution is 2.29. The molecule has 1 aliphatic heterocycles. The Morgan fingerprint density at radius 1 is 1.29 bits per heavy atom. The van der Waals surface area contributed by atoms with Gasteiger partial charge in [-0.25, -0.2) is 8.78 Å². The predicted molar refractivity (Wildman–Crippen MR) is 79.8 cm³/mol. The van der Waals surface area contributed by atoms with Crippen molar-refractivity contribution >= 4 is 28.9 Å². The van der Waals surface area contributed by atoms with Crippen LogP contribution < -0.4 is 5.32 Å². The third kappa shape index (κ3) is 3.15. The van der Waals surface area contributed by atoms with E-state index in [0.717, 1.165) is 31.7 Å². The van der Waals surface area contributed by atoms with Crippen molar-refractivity contribution in [3.05, 3.63) is 40.3 Å². The fourth-order valence-electron chi connectivity index (χ4n) is 2.46. The third-order valence-electron chi connectivity index (χ3n) is 3.54. The second-order valence-corrected chi connectivity index (χ2v) is 6.11. The number of halogens is 2. The standard InChI is InChI=1S/C15H14F2N2OS/c16-11-7-3-4-9(13(11)17)8-12-14(20)19-15(21-12)18-10-5-1-2-6-10/h3-4,7-8,10H,1-2,5-6H2,(H,18,19,20)/b12-8-. The van der Waals surface area contributed by atoms with Gasteiger partial charge in [0.1, 0.15) is 0 Å². The molecule has 3 nitrogen and oxygen atoms in total. The van der Waals surface area contributed by atoms with E-state index in [1.54, 1.807) is 0 Å². The van der Waals surface area contributed by atoms with Crippen LogP contribution in [0.25, 0.3) is 6.08 Å². The minimum absolute atomic E-state index is 0.0646. The maximum atomic E-state index is 13.6. The Kier molecular flexibility index (Phi) is 4.05. The van der Waals surface area contributed by atoms with Crippen LogP contribution in [0.5, 0.6) is 0 Å². The van der Waals surface area contributed by atoms with Crippen molar-refractivity contribution in [3.8, 4) is 0 Å². The van der Waals surface area contributed by atoms with Gasteiger partial charge < -0.3 is 5.32 Å². The number of amidine groups is 1. The van der Waals surface area contributed by atoms with Crippen LogP contribution >= 0.6 is 11.8 Å². The van der Waals surface area contributed by atoms with Crippen molar-refractivity contribution in [1.29, 1.82) is 0 Å². The molecule has 1 aromatic carbocycles. The van der Waals surface area contributed by atoms with E-state index in [0.29, 0.717) is 10.1 Å². The van der Waals surface area contributed by atoms with Gasteiger partial charge in [0.15, 0.2) is 16.8 Å². The van der Waals surface area contributed by atoms with Crippen LogP contribution in [0.2, 0.25) is 0 Å². The van der Waals surface area contributed by atoms with Gasteiger partial charge in [-0.15, -0.1) is 0 Å². The molecule has 0 atom stereocenters. The number of carbonyl (C=O) groups is 1. The Hall–Kier alpha value is -1.69. The predicted octanol–water partition coefficient (Wildman–Crippen LogP) is 3.47. The van der Waals surface area contributed by atoms with Crippen molar-refractivity contribution < 1.29 is 13.6 Å². The lowest BCUT2D eigenvalue weighted by Gasteiger charge is -2.02. The highest BCUT2D eigenvalue weighted by molar-refractivity contribution is 8.18. The number of hydrogen-bond donors (Lipinski definition) is 1. The number of amides is 1. The maximum Gasteiger partial charge on any atom is 0.264 e. The van der Waals surface area contributed by atoms with Gasteiger partial charge in [-0.2, -0.15) is 0 Å². The summed E-state index contributed by atoms with van der Waals surface area (Å²) < 4.78 is 26.8. The van der Waals surface area contributed by atoms with Crippen molar-refractivity contribution in [2.24, 2.45) is 4.99 Å². The second-order valence-electron chi connectivity index (χ2n) is 5.08. The van der Waals surface area contributed by atoms with Crippen molar-refractivity contribution in [2.75, 3.05) is 0 Å². The Balaban J connectivity index is 1.81. The molecule has 3 rings (SSSR count). The van der Waals surface area contributed by atoms with Crippen LogP contribution in [-0.4, -0.2) is 17.1 Å². The Morgan fingerprint density at radius 3 is 2.81 bits per heavy atom. The second kappa shape index (κ2) is 5.97. The normalized spacial score (nSPS) is 23.2. The zero-order valence-corrected chi connectivity index (χ0v) is 12.1. The maximum absolute atomic E-state index is 13.6. The highest BCUT2D eigenvalue weighted by Gasteiger charge is 2.26. The molecule has 0 spiro atoms.